The number of aromatic nitrogens is 5. The van der Waals surface area contributed by atoms with Crippen molar-refractivity contribution in [2.75, 3.05) is 25.5 Å². The van der Waals surface area contributed by atoms with Crippen molar-refractivity contribution in [3.63, 3.8) is 0 Å². The molecule has 0 bridgehead atoms. The van der Waals surface area contributed by atoms with E-state index >= 15 is 0 Å². The predicted octanol–water partition coefficient (Wildman–Crippen LogP) is 2.60. The van der Waals surface area contributed by atoms with Gasteiger partial charge in [-0.2, -0.15) is 5.10 Å². The summed E-state index contributed by atoms with van der Waals surface area (Å²) in [4.78, 5) is 9.40. The van der Waals surface area contributed by atoms with Gasteiger partial charge in [-0.25, -0.2) is 9.97 Å². The van der Waals surface area contributed by atoms with E-state index in [0.29, 0.717) is 6.04 Å². The molecule has 0 spiro atoms. The average molecular weight is 389 g/mol. The maximum atomic E-state index is 5.67. The molecule has 1 aliphatic heterocycles. The molecule has 29 heavy (non-hydrogen) atoms. The van der Waals surface area contributed by atoms with Crippen LogP contribution in [0.2, 0.25) is 0 Å². The number of hydrogen-bond acceptors (Lipinski definition) is 6. The number of imidazole rings is 1. The van der Waals surface area contributed by atoms with E-state index in [1.165, 1.54) is 0 Å². The Hall–Kier alpha value is -3.39. The number of pyridine rings is 1. The van der Waals surface area contributed by atoms with Gasteiger partial charge in [-0.3, -0.25) is 9.25 Å². The third-order valence-corrected chi connectivity index (χ3v) is 5.28. The summed E-state index contributed by atoms with van der Waals surface area (Å²) in [5, 5.41) is 11.1. The maximum absolute atomic E-state index is 5.67. The van der Waals surface area contributed by atoms with Gasteiger partial charge in [0.1, 0.15) is 23.7 Å². The Bertz CT molecular complexity index is 1160. The molecule has 0 aliphatic carbocycles. The summed E-state index contributed by atoms with van der Waals surface area (Å²) < 4.78 is 9.44. The van der Waals surface area contributed by atoms with Crippen molar-refractivity contribution in [3.05, 3.63) is 49.1 Å². The molecule has 1 saturated heterocycles. The van der Waals surface area contributed by atoms with Crippen LogP contribution in [0.1, 0.15) is 6.42 Å². The number of fused-ring (bicyclic) bond motifs is 1. The van der Waals surface area contributed by atoms with Crippen molar-refractivity contribution < 1.29 is 4.74 Å². The Morgan fingerprint density at radius 1 is 1.28 bits per heavy atom. The minimum Gasteiger partial charge on any atom is -0.496 e. The fourth-order valence-electron chi connectivity index (χ4n) is 3.80. The number of nitrogens with zero attached hydrogens (tertiary/aromatic N) is 5. The van der Waals surface area contributed by atoms with Crippen LogP contribution in [0.3, 0.4) is 0 Å². The van der Waals surface area contributed by atoms with E-state index in [9.17, 15) is 0 Å². The van der Waals surface area contributed by atoms with Gasteiger partial charge < -0.3 is 15.4 Å². The molecule has 0 amide bonds. The highest BCUT2D eigenvalue weighted by Gasteiger charge is 2.16. The van der Waals surface area contributed by atoms with Gasteiger partial charge in [-0.05, 0) is 31.2 Å². The lowest BCUT2D eigenvalue weighted by Gasteiger charge is -2.13. The first-order chi connectivity index (χ1) is 14.2. The zero-order valence-corrected chi connectivity index (χ0v) is 16.5. The molecule has 8 heteroatoms. The van der Waals surface area contributed by atoms with Crippen LogP contribution in [0.5, 0.6) is 5.75 Å². The quantitative estimate of drug-likeness (QED) is 0.546. The van der Waals surface area contributed by atoms with E-state index < -0.39 is 0 Å². The van der Waals surface area contributed by atoms with Crippen LogP contribution < -0.4 is 15.4 Å². The average Bonchev–Trinajstić information content (AvgIpc) is 3.48. The van der Waals surface area contributed by atoms with Crippen molar-refractivity contribution in [3.8, 4) is 22.7 Å². The second kappa shape index (κ2) is 7.21. The van der Waals surface area contributed by atoms with Crippen LogP contribution in [0.25, 0.3) is 28.0 Å². The molecule has 0 radical (unpaired) electrons. The predicted molar refractivity (Wildman–Crippen MR) is 113 cm³/mol. The van der Waals surface area contributed by atoms with E-state index in [4.69, 9.17) is 9.72 Å². The van der Waals surface area contributed by atoms with E-state index in [1.54, 1.807) is 18.1 Å². The lowest BCUT2D eigenvalue weighted by molar-refractivity contribution is 0.417. The Labute approximate surface area is 168 Å². The summed E-state index contributed by atoms with van der Waals surface area (Å²) in [6.45, 7) is 2.01. The van der Waals surface area contributed by atoms with Gasteiger partial charge in [0.2, 0.25) is 0 Å². The number of hydrogen-bond donors (Lipinski definition) is 2. The first kappa shape index (κ1) is 17.7. The molecule has 1 atom stereocenters. The number of methoxy groups -OCH3 is 1. The van der Waals surface area contributed by atoms with Crippen LogP contribution in [0, 0.1) is 0 Å². The largest absolute Gasteiger partial charge is 0.496 e. The molecular formula is C21H23N7O. The van der Waals surface area contributed by atoms with Gasteiger partial charge >= 0.3 is 0 Å². The second-order valence-corrected chi connectivity index (χ2v) is 7.27. The van der Waals surface area contributed by atoms with Crippen molar-refractivity contribution >= 4 is 16.9 Å². The van der Waals surface area contributed by atoms with Gasteiger partial charge in [0.05, 0.1) is 24.3 Å². The molecule has 1 unspecified atom stereocenters. The SMILES string of the molecule is COc1cc2c(cc1-c1cnn(C)c1)ncn2-c1cccc(NC2CCNC2)n1. The standard InChI is InChI=1S/C21H23N7O/c1-27-12-14(10-24-27)16-8-17-18(9-19(16)29-2)28(13-23-17)21-5-3-4-20(26-21)25-15-6-7-22-11-15/h3-5,8-10,12-13,15,22H,6-7,11H2,1-2H3,(H,25,26). The summed E-state index contributed by atoms with van der Waals surface area (Å²) in [5.41, 5.74) is 3.79. The minimum atomic E-state index is 0.416. The maximum Gasteiger partial charge on any atom is 0.140 e. The Morgan fingerprint density at radius 2 is 2.21 bits per heavy atom. The molecule has 4 aromatic rings. The van der Waals surface area contributed by atoms with Crippen molar-refractivity contribution in [2.24, 2.45) is 7.05 Å². The fraction of sp³-hybridized carbons (Fsp3) is 0.286. The lowest BCUT2D eigenvalue weighted by Crippen LogP contribution is -2.22. The third kappa shape index (κ3) is 3.31. The molecule has 5 rings (SSSR count). The number of rotatable bonds is 5. The molecule has 2 N–H and O–H groups in total. The topological polar surface area (TPSA) is 81.8 Å². The Kier molecular flexibility index (Phi) is 4.40. The number of aryl methyl sites for hydroxylation is 1. The van der Waals surface area contributed by atoms with E-state index in [1.807, 2.05) is 54.3 Å². The molecule has 3 aromatic heterocycles. The molecular weight excluding hydrogens is 366 g/mol. The third-order valence-electron chi connectivity index (χ3n) is 5.28. The lowest BCUT2D eigenvalue weighted by atomic mass is 10.1. The smallest absolute Gasteiger partial charge is 0.140 e. The molecule has 148 valence electrons. The van der Waals surface area contributed by atoms with Crippen LogP contribution in [0.15, 0.2) is 49.1 Å². The minimum absolute atomic E-state index is 0.416. The molecule has 4 heterocycles. The van der Waals surface area contributed by atoms with Crippen molar-refractivity contribution in [2.45, 2.75) is 12.5 Å². The van der Waals surface area contributed by atoms with Crippen LogP contribution in [-0.2, 0) is 7.05 Å². The number of benzene rings is 1. The Morgan fingerprint density at radius 3 is 2.97 bits per heavy atom. The number of anilines is 1. The van der Waals surface area contributed by atoms with Crippen molar-refractivity contribution in [1.29, 1.82) is 0 Å². The molecule has 8 nitrogen and oxygen atoms in total. The summed E-state index contributed by atoms with van der Waals surface area (Å²) in [7, 11) is 3.58. The highest BCUT2D eigenvalue weighted by molar-refractivity contribution is 5.87. The molecule has 1 fully saturated rings. The first-order valence-electron chi connectivity index (χ1n) is 9.70. The van der Waals surface area contributed by atoms with E-state index in [0.717, 1.165) is 59.1 Å². The normalized spacial score (nSPS) is 16.4. The summed E-state index contributed by atoms with van der Waals surface area (Å²) in [6, 6.07) is 10.5. The highest BCUT2D eigenvalue weighted by atomic mass is 16.5. The van der Waals surface area contributed by atoms with Crippen LogP contribution in [-0.4, -0.2) is 50.6 Å². The molecule has 0 saturated carbocycles. The van der Waals surface area contributed by atoms with Crippen molar-refractivity contribution in [1.82, 2.24) is 29.6 Å². The van der Waals surface area contributed by atoms with Gasteiger partial charge in [0.25, 0.3) is 0 Å². The zero-order chi connectivity index (χ0) is 19.8. The zero-order valence-electron chi connectivity index (χ0n) is 16.5. The van der Waals surface area contributed by atoms with E-state index in [-0.39, 0.29) is 0 Å². The Balaban J connectivity index is 1.54. The fourth-order valence-corrected chi connectivity index (χ4v) is 3.80. The summed E-state index contributed by atoms with van der Waals surface area (Å²) in [6.07, 6.45) is 6.71. The van der Waals surface area contributed by atoms with Crippen LogP contribution >= 0.6 is 0 Å². The molecule has 1 aliphatic rings. The van der Waals surface area contributed by atoms with Gasteiger partial charge in [-0.1, -0.05) is 6.07 Å². The first-order valence-corrected chi connectivity index (χ1v) is 9.70. The molecule has 1 aromatic carbocycles. The summed E-state index contributed by atoms with van der Waals surface area (Å²) in [5.74, 6) is 2.47. The van der Waals surface area contributed by atoms with Gasteiger partial charge in [-0.15, -0.1) is 0 Å². The van der Waals surface area contributed by atoms with Gasteiger partial charge in [0.15, 0.2) is 0 Å². The number of nitrogens with one attached hydrogen (secondary N) is 2. The highest BCUT2D eigenvalue weighted by Crippen LogP contribution is 2.34. The number of ether oxygens (including phenoxy) is 1. The van der Waals surface area contributed by atoms with E-state index in [2.05, 4.69) is 20.7 Å². The second-order valence-electron chi connectivity index (χ2n) is 7.27. The summed E-state index contributed by atoms with van der Waals surface area (Å²) >= 11 is 0. The van der Waals surface area contributed by atoms with Crippen LogP contribution in [0.4, 0.5) is 5.82 Å². The monoisotopic (exact) mass is 389 g/mol. The van der Waals surface area contributed by atoms with Gasteiger partial charge in [0, 0.05) is 43.0 Å².